The first-order chi connectivity index (χ1) is 8.82. The molecule has 2 rings (SSSR count). The zero-order valence-electron chi connectivity index (χ0n) is 9.11. The number of alkyl halides is 3. The van der Waals surface area contributed by atoms with Gasteiger partial charge in [-0.3, -0.25) is 0 Å². The lowest BCUT2D eigenvalue weighted by Crippen LogP contribution is -2.12. The molecule has 0 aromatic carbocycles. The quantitative estimate of drug-likeness (QED) is 0.873. The third kappa shape index (κ3) is 2.46. The lowest BCUT2D eigenvalue weighted by atomic mass is 10.2. The van der Waals surface area contributed by atoms with E-state index in [4.69, 9.17) is 22.6 Å². The van der Waals surface area contributed by atoms with Gasteiger partial charge in [-0.1, -0.05) is 11.6 Å². The molecule has 2 heterocycles. The highest BCUT2D eigenvalue weighted by atomic mass is 35.5. The Labute approximate surface area is 110 Å². The lowest BCUT2D eigenvalue weighted by Gasteiger charge is -2.08. The van der Waals surface area contributed by atoms with Gasteiger partial charge < -0.3 is 5.73 Å². The molecule has 2 aromatic heterocycles. The van der Waals surface area contributed by atoms with Gasteiger partial charge in [-0.2, -0.15) is 18.4 Å². The Morgan fingerprint density at radius 3 is 2.53 bits per heavy atom. The number of nitrogen functional groups attached to an aromatic ring is 1. The molecule has 0 amide bonds. The largest absolute Gasteiger partial charge is 0.433 e. The summed E-state index contributed by atoms with van der Waals surface area (Å²) < 4.78 is 38.7. The Hall–Kier alpha value is -2.27. The van der Waals surface area contributed by atoms with Crippen molar-refractivity contribution in [3.63, 3.8) is 0 Å². The Kier molecular flexibility index (Phi) is 3.08. The van der Waals surface area contributed by atoms with Crippen LogP contribution in [0.2, 0.25) is 5.02 Å². The summed E-state index contributed by atoms with van der Waals surface area (Å²) in [6.45, 7) is 0. The number of aromatic nitrogens is 3. The number of nitrogens with zero attached hydrogens (tertiary/aromatic N) is 4. The Balaban J connectivity index is 2.64. The summed E-state index contributed by atoms with van der Waals surface area (Å²) in [5, 5.41) is 12.6. The van der Waals surface area contributed by atoms with Crippen LogP contribution in [-0.4, -0.2) is 14.8 Å². The van der Waals surface area contributed by atoms with Crippen LogP contribution in [0.3, 0.4) is 0 Å². The SMILES string of the molecule is N#Cc1ccc(C(F)(F)F)nc1-n1cc(Cl)c(N)n1. The minimum Gasteiger partial charge on any atom is -0.381 e. The van der Waals surface area contributed by atoms with Gasteiger partial charge in [0, 0.05) is 0 Å². The fraction of sp³-hybridized carbons (Fsp3) is 0.100. The van der Waals surface area contributed by atoms with E-state index in [0.29, 0.717) is 0 Å². The van der Waals surface area contributed by atoms with E-state index in [2.05, 4.69) is 10.1 Å². The molecule has 0 unspecified atom stereocenters. The molecule has 0 bridgehead atoms. The molecular weight excluding hydrogens is 283 g/mol. The van der Waals surface area contributed by atoms with E-state index in [1.54, 1.807) is 6.07 Å². The van der Waals surface area contributed by atoms with E-state index in [1.807, 2.05) is 0 Å². The number of nitrogens with two attached hydrogens (primary N) is 1. The van der Waals surface area contributed by atoms with Crippen molar-refractivity contribution in [2.45, 2.75) is 6.18 Å². The standard InChI is InChI=1S/C10H5ClF3N5/c11-6-4-19(18-8(6)16)9-5(3-15)1-2-7(17-9)10(12,13)14/h1-2,4H,(H2,16,18). The Morgan fingerprint density at radius 1 is 1.37 bits per heavy atom. The van der Waals surface area contributed by atoms with Gasteiger partial charge >= 0.3 is 6.18 Å². The van der Waals surface area contributed by atoms with E-state index in [-0.39, 0.29) is 22.2 Å². The number of anilines is 1. The smallest absolute Gasteiger partial charge is 0.381 e. The van der Waals surface area contributed by atoms with Gasteiger partial charge in [0.05, 0.1) is 11.8 Å². The molecule has 98 valence electrons. The van der Waals surface area contributed by atoms with Crippen LogP contribution >= 0.6 is 11.6 Å². The maximum Gasteiger partial charge on any atom is 0.433 e. The van der Waals surface area contributed by atoms with E-state index >= 15 is 0 Å². The molecule has 0 saturated heterocycles. The summed E-state index contributed by atoms with van der Waals surface area (Å²) in [5.41, 5.74) is 4.19. The Morgan fingerprint density at radius 2 is 2.05 bits per heavy atom. The second-order valence-corrected chi connectivity index (χ2v) is 3.89. The summed E-state index contributed by atoms with van der Waals surface area (Å²) in [4.78, 5) is 3.38. The summed E-state index contributed by atoms with van der Waals surface area (Å²) in [6.07, 6.45) is -3.44. The molecule has 0 fully saturated rings. The van der Waals surface area contributed by atoms with Crippen molar-refractivity contribution in [3.8, 4) is 11.9 Å². The van der Waals surface area contributed by atoms with E-state index in [1.165, 1.54) is 6.20 Å². The third-order valence-electron chi connectivity index (χ3n) is 2.20. The summed E-state index contributed by atoms with van der Waals surface area (Å²) in [6, 6.07) is 3.46. The molecule has 9 heteroatoms. The molecule has 0 aliphatic heterocycles. The first kappa shape index (κ1) is 13.2. The van der Waals surface area contributed by atoms with E-state index in [0.717, 1.165) is 16.8 Å². The van der Waals surface area contributed by atoms with Crippen LogP contribution in [0, 0.1) is 11.3 Å². The first-order valence-corrected chi connectivity index (χ1v) is 5.20. The van der Waals surface area contributed by atoms with Crippen LogP contribution in [-0.2, 0) is 6.18 Å². The van der Waals surface area contributed by atoms with Gasteiger partial charge in [-0.05, 0) is 12.1 Å². The monoisotopic (exact) mass is 287 g/mol. The molecule has 0 saturated carbocycles. The van der Waals surface area contributed by atoms with Crippen molar-refractivity contribution >= 4 is 17.4 Å². The summed E-state index contributed by atoms with van der Waals surface area (Å²) in [5.74, 6) is -0.347. The van der Waals surface area contributed by atoms with E-state index < -0.39 is 11.9 Å². The number of rotatable bonds is 1. The minimum absolute atomic E-state index is 0.0584. The summed E-state index contributed by atoms with van der Waals surface area (Å²) in [7, 11) is 0. The molecule has 5 nitrogen and oxygen atoms in total. The molecule has 0 spiro atoms. The van der Waals surface area contributed by atoms with Crippen LogP contribution in [0.5, 0.6) is 0 Å². The lowest BCUT2D eigenvalue weighted by molar-refractivity contribution is -0.141. The van der Waals surface area contributed by atoms with E-state index in [9.17, 15) is 13.2 Å². The highest BCUT2D eigenvalue weighted by Gasteiger charge is 2.33. The highest BCUT2D eigenvalue weighted by Crippen LogP contribution is 2.29. The maximum atomic E-state index is 12.6. The number of nitriles is 1. The zero-order chi connectivity index (χ0) is 14.2. The Bertz CT molecular complexity index is 651. The van der Waals surface area contributed by atoms with Crippen LogP contribution < -0.4 is 5.73 Å². The van der Waals surface area contributed by atoms with Crippen LogP contribution in [0.4, 0.5) is 19.0 Å². The topological polar surface area (TPSA) is 80.5 Å². The van der Waals surface area contributed by atoms with Crippen molar-refractivity contribution in [2.75, 3.05) is 5.73 Å². The van der Waals surface area contributed by atoms with Crippen molar-refractivity contribution in [3.05, 3.63) is 34.6 Å². The van der Waals surface area contributed by atoms with Gasteiger partial charge in [0.15, 0.2) is 11.6 Å². The molecule has 0 aliphatic carbocycles. The molecular formula is C10H5ClF3N5. The minimum atomic E-state index is -4.62. The predicted molar refractivity (Wildman–Crippen MR) is 60.5 cm³/mol. The summed E-state index contributed by atoms with van der Waals surface area (Å²) >= 11 is 5.66. The van der Waals surface area contributed by atoms with Gasteiger partial charge in [-0.15, -0.1) is 5.10 Å². The van der Waals surface area contributed by atoms with Gasteiger partial charge in [0.25, 0.3) is 0 Å². The van der Waals surface area contributed by atoms with Gasteiger partial charge in [-0.25, -0.2) is 9.67 Å². The van der Waals surface area contributed by atoms with Crippen molar-refractivity contribution in [1.82, 2.24) is 14.8 Å². The number of pyridine rings is 1. The first-order valence-electron chi connectivity index (χ1n) is 4.82. The van der Waals surface area contributed by atoms with Crippen LogP contribution in [0.1, 0.15) is 11.3 Å². The second kappa shape index (κ2) is 4.44. The van der Waals surface area contributed by atoms with Gasteiger partial charge in [0.1, 0.15) is 16.8 Å². The number of hydrogen-bond acceptors (Lipinski definition) is 4. The van der Waals surface area contributed by atoms with Gasteiger partial charge in [0.2, 0.25) is 0 Å². The van der Waals surface area contributed by atoms with Crippen LogP contribution in [0.15, 0.2) is 18.3 Å². The predicted octanol–water partition coefficient (Wildman–Crippen LogP) is 2.39. The van der Waals surface area contributed by atoms with Crippen molar-refractivity contribution < 1.29 is 13.2 Å². The average Bonchev–Trinajstić information content (AvgIpc) is 2.67. The molecule has 2 N–H and O–H groups in total. The molecule has 0 radical (unpaired) electrons. The van der Waals surface area contributed by atoms with Crippen molar-refractivity contribution in [1.29, 1.82) is 5.26 Å². The normalized spacial score (nSPS) is 11.3. The fourth-order valence-electron chi connectivity index (χ4n) is 1.34. The zero-order valence-corrected chi connectivity index (χ0v) is 9.87. The molecule has 2 aromatic rings. The maximum absolute atomic E-state index is 12.6. The second-order valence-electron chi connectivity index (χ2n) is 3.48. The third-order valence-corrected chi connectivity index (χ3v) is 2.49. The molecule has 19 heavy (non-hydrogen) atoms. The molecule has 0 atom stereocenters. The van der Waals surface area contributed by atoms with Crippen molar-refractivity contribution in [2.24, 2.45) is 0 Å². The number of hydrogen-bond donors (Lipinski definition) is 1. The number of halogens is 4. The fourth-order valence-corrected chi connectivity index (χ4v) is 1.47. The highest BCUT2D eigenvalue weighted by molar-refractivity contribution is 6.32. The van der Waals surface area contributed by atoms with Crippen LogP contribution in [0.25, 0.3) is 5.82 Å². The average molecular weight is 288 g/mol. The molecule has 0 aliphatic rings.